The van der Waals surface area contributed by atoms with Crippen LogP contribution >= 0.6 is 0 Å². The Labute approximate surface area is 122 Å². The standard InChI is InChI=1S/C17H15NO3/c1-20-14-9-5-8-13(10-14)16-15(11-19)17(21-18-16)12-6-3-2-4-7-12/h2-10,19H,11H2,1H3. The van der Waals surface area contributed by atoms with Crippen LogP contribution in [0.4, 0.5) is 0 Å². The Morgan fingerprint density at radius 2 is 1.81 bits per heavy atom. The lowest BCUT2D eigenvalue weighted by molar-refractivity contribution is 0.281. The summed E-state index contributed by atoms with van der Waals surface area (Å²) in [4.78, 5) is 0. The second-order valence-corrected chi connectivity index (χ2v) is 4.59. The highest BCUT2D eigenvalue weighted by Gasteiger charge is 2.18. The van der Waals surface area contributed by atoms with E-state index < -0.39 is 0 Å². The minimum absolute atomic E-state index is 0.139. The number of methoxy groups -OCH3 is 1. The van der Waals surface area contributed by atoms with Gasteiger partial charge in [-0.2, -0.15) is 0 Å². The summed E-state index contributed by atoms with van der Waals surface area (Å²) in [5.74, 6) is 1.33. The summed E-state index contributed by atoms with van der Waals surface area (Å²) < 4.78 is 10.7. The quantitative estimate of drug-likeness (QED) is 0.795. The fourth-order valence-corrected chi connectivity index (χ4v) is 2.27. The molecular weight excluding hydrogens is 266 g/mol. The zero-order chi connectivity index (χ0) is 14.7. The topological polar surface area (TPSA) is 55.5 Å². The molecule has 0 amide bonds. The van der Waals surface area contributed by atoms with Gasteiger partial charge in [-0.05, 0) is 12.1 Å². The van der Waals surface area contributed by atoms with E-state index in [1.165, 1.54) is 0 Å². The van der Waals surface area contributed by atoms with E-state index in [-0.39, 0.29) is 6.61 Å². The predicted molar refractivity (Wildman–Crippen MR) is 79.8 cm³/mol. The summed E-state index contributed by atoms with van der Waals surface area (Å²) in [6.45, 7) is -0.139. The molecule has 0 saturated heterocycles. The first kappa shape index (κ1) is 13.4. The number of nitrogens with zero attached hydrogens (tertiary/aromatic N) is 1. The van der Waals surface area contributed by atoms with Crippen molar-refractivity contribution in [3.63, 3.8) is 0 Å². The Morgan fingerprint density at radius 1 is 1.05 bits per heavy atom. The van der Waals surface area contributed by atoms with Gasteiger partial charge in [-0.1, -0.05) is 47.6 Å². The van der Waals surface area contributed by atoms with Crippen LogP contribution in [-0.4, -0.2) is 17.4 Å². The van der Waals surface area contributed by atoms with Gasteiger partial charge < -0.3 is 14.4 Å². The molecule has 0 aliphatic rings. The molecule has 0 spiro atoms. The number of rotatable bonds is 4. The van der Waals surface area contributed by atoms with E-state index in [1.54, 1.807) is 7.11 Å². The van der Waals surface area contributed by atoms with Crippen LogP contribution in [0.3, 0.4) is 0 Å². The lowest BCUT2D eigenvalue weighted by Gasteiger charge is -2.03. The fourth-order valence-electron chi connectivity index (χ4n) is 2.27. The second kappa shape index (κ2) is 5.81. The molecule has 3 rings (SSSR count). The number of aromatic nitrogens is 1. The van der Waals surface area contributed by atoms with E-state index in [0.29, 0.717) is 17.0 Å². The summed E-state index contributed by atoms with van der Waals surface area (Å²) >= 11 is 0. The normalized spacial score (nSPS) is 10.6. The Morgan fingerprint density at radius 3 is 2.52 bits per heavy atom. The Hall–Kier alpha value is -2.59. The monoisotopic (exact) mass is 281 g/mol. The number of aliphatic hydroxyl groups excluding tert-OH is 1. The average Bonchev–Trinajstić information content (AvgIpc) is 2.99. The summed E-state index contributed by atoms with van der Waals surface area (Å²) in [7, 11) is 1.62. The lowest BCUT2D eigenvalue weighted by Crippen LogP contribution is -1.90. The van der Waals surface area contributed by atoms with E-state index in [2.05, 4.69) is 5.16 Å². The second-order valence-electron chi connectivity index (χ2n) is 4.59. The molecule has 0 bridgehead atoms. The van der Waals surface area contributed by atoms with Crippen molar-refractivity contribution in [3.8, 4) is 28.3 Å². The number of hydrogen-bond acceptors (Lipinski definition) is 4. The summed E-state index contributed by atoms with van der Waals surface area (Å²) in [6, 6.07) is 17.1. The average molecular weight is 281 g/mol. The fraction of sp³-hybridized carbons (Fsp3) is 0.118. The molecule has 0 radical (unpaired) electrons. The van der Waals surface area contributed by atoms with Gasteiger partial charge >= 0.3 is 0 Å². The van der Waals surface area contributed by atoms with E-state index >= 15 is 0 Å². The largest absolute Gasteiger partial charge is 0.497 e. The van der Waals surface area contributed by atoms with Gasteiger partial charge in [-0.15, -0.1) is 0 Å². The molecule has 4 heteroatoms. The van der Waals surface area contributed by atoms with E-state index in [1.807, 2.05) is 54.6 Å². The Kier molecular flexibility index (Phi) is 3.71. The molecule has 1 N–H and O–H groups in total. The maximum absolute atomic E-state index is 9.71. The van der Waals surface area contributed by atoms with Crippen molar-refractivity contribution >= 4 is 0 Å². The molecule has 4 nitrogen and oxygen atoms in total. The third-order valence-corrected chi connectivity index (χ3v) is 3.33. The van der Waals surface area contributed by atoms with Crippen LogP contribution in [0.5, 0.6) is 5.75 Å². The third-order valence-electron chi connectivity index (χ3n) is 3.33. The van der Waals surface area contributed by atoms with Crippen molar-refractivity contribution in [2.45, 2.75) is 6.61 Å². The molecule has 0 atom stereocenters. The van der Waals surface area contributed by atoms with Gasteiger partial charge in [0.15, 0.2) is 5.76 Å². The van der Waals surface area contributed by atoms with Crippen molar-refractivity contribution in [3.05, 3.63) is 60.2 Å². The van der Waals surface area contributed by atoms with Gasteiger partial charge in [0.1, 0.15) is 11.4 Å². The summed E-state index contributed by atoms with van der Waals surface area (Å²) in [5.41, 5.74) is 3.05. The highest BCUT2D eigenvalue weighted by molar-refractivity contribution is 5.73. The molecule has 0 aliphatic carbocycles. The van der Waals surface area contributed by atoms with Gasteiger partial charge in [0, 0.05) is 11.1 Å². The van der Waals surface area contributed by atoms with Crippen LogP contribution in [0.1, 0.15) is 5.56 Å². The van der Waals surface area contributed by atoms with Gasteiger partial charge in [0.2, 0.25) is 0 Å². The predicted octanol–water partition coefficient (Wildman–Crippen LogP) is 3.51. The van der Waals surface area contributed by atoms with Crippen molar-refractivity contribution in [2.24, 2.45) is 0 Å². The molecule has 106 valence electrons. The van der Waals surface area contributed by atoms with E-state index in [9.17, 15) is 5.11 Å². The molecule has 0 unspecified atom stereocenters. The molecule has 2 aromatic carbocycles. The first-order valence-electron chi connectivity index (χ1n) is 6.62. The first-order chi connectivity index (χ1) is 10.3. The third kappa shape index (κ3) is 2.53. The SMILES string of the molecule is COc1cccc(-c2noc(-c3ccccc3)c2CO)c1. The summed E-state index contributed by atoms with van der Waals surface area (Å²) in [5, 5.41) is 13.8. The lowest BCUT2D eigenvalue weighted by atomic mass is 10.0. The molecule has 0 saturated carbocycles. The zero-order valence-electron chi connectivity index (χ0n) is 11.6. The maximum atomic E-state index is 9.71. The minimum Gasteiger partial charge on any atom is -0.497 e. The van der Waals surface area contributed by atoms with Gasteiger partial charge in [-0.25, -0.2) is 0 Å². The van der Waals surface area contributed by atoms with Crippen LogP contribution in [0.2, 0.25) is 0 Å². The van der Waals surface area contributed by atoms with Crippen molar-refractivity contribution < 1.29 is 14.4 Å². The molecule has 1 heterocycles. The molecular formula is C17H15NO3. The molecule has 0 fully saturated rings. The number of benzene rings is 2. The molecule has 21 heavy (non-hydrogen) atoms. The van der Waals surface area contributed by atoms with Crippen LogP contribution in [0, 0.1) is 0 Å². The minimum atomic E-state index is -0.139. The molecule has 3 aromatic rings. The highest BCUT2D eigenvalue weighted by atomic mass is 16.5. The van der Waals surface area contributed by atoms with Crippen LogP contribution in [-0.2, 0) is 6.61 Å². The number of aliphatic hydroxyl groups is 1. The van der Waals surface area contributed by atoms with Crippen molar-refractivity contribution in [2.75, 3.05) is 7.11 Å². The maximum Gasteiger partial charge on any atom is 0.173 e. The van der Waals surface area contributed by atoms with Gasteiger partial charge in [0.25, 0.3) is 0 Å². The molecule has 1 aromatic heterocycles. The van der Waals surface area contributed by atoms with Crippen LogP contribution < -0.4 is 4.74 Å². The smallest absolute Gasteiger partial charge is 0.173 e. The van der Waals surface area contributed by atoms with Gasteiger partial charge in [0.05, 0.1) is 19.3 Å². The number of ether oxygens (including phenoxy) is 1. The van der Waals surface area contributed by atoms with Gasteiger partial charge in [-0.3, -0.25) is 0 Å². The van der Waals surface area contributed by atoms with E-state index in [4.69, 9.17) is 9.26 Å². The van der Waals surface area contributed by atoms with Crippen LogP contribution in [0.15, 0.2) is 59.1 Å². The van der Waals surface area contributed by atoms with Crippen molar-refractivity contribution in [1.29, 1.82) is 0 Å². The molecule has 0 aliphatic heterocycles. The first-order valence-corrected chi connectivity index (χ1v) is 6.62. The van der Waals surface area contributed by atoms with E-state index in [0.717, 1.165) is 16.9 Å². The van der Waals surface area contributed by atoms with Crippen LogP contribution in [0.25, 0.3) is 22.6 Å². The Bertz CT molecular complexity index is 735. The highest BCUT2D eigenvalue weighted by Crippen LogP contribution is 2.33. The Balaban J connectivity index is 2.10. The zero-order valence-corrected chi connectivity index (χ0v) is 11.6. The van der Waals surface area contributed by atoms with Crippen molar-refractivity contribution in [1.82, 2.24) is 5.16 Å². The number of hydrogen-bond donors (Lipinski definition) is 1. The summed E-state index contributed by atoms with van der Waals surface area (Å²) in [6.07, 6.45) is 0.